The third-order valence-corrected chi connectivity index (χ3v) is 7.09. The van der Waals surface area contributed by atoms with Crippen LogP contribution < -0.4 is 14.2 Å². The smallest absolute Gasteiger partial charge is 0.347 e. The molecule has 52 heavy (non-hydrogen) atoms. The maximum absolute atomic E-state index is 12.9. The summed E-state index contributed by atoms with van der Waals surface area (Å²) in [7, 11) is 3.83. The zero-order valence-electron chi connectivity index (χ0n) is 28.0. The Balaban J connectivity index is 0.000000439. The molecular formula is C34H33Cl2NO15. The van der Waals surface area contributed by atoms with E-state index in [1.165, 1.54) is 13.8 Å². The molecule has 1 heterocycles. The minimum absolute atomic E-state index is 0. The molecule has 0 unspecified atom stereocenters. The third-order valence-electron chi connectivity index (χ3n) is 6.84. The van der Waals surface area contributed by atoms with Gasteiger partial charge in [0, 0.05) is 29.3 Å². The fourth-order valence-electron chi connectivity index (χ4n) is 4.38. The van der Waals surface area contributed by atoms with E-state index in [-0.39, 0.29) is 53.7 Å². The highest BCUT2D eigenvalue weighted by Gasteiger charge is 2.36. The van der Waals surface area contributed by atoms with E-state index in [0.717, 1.165) is 6.07 Å². The Morgan fingerprint density at radius 2 is 1.60 bits per heavy atom. The number of aromatic hydroxyl groups is 2. The molecule has 3 aromatic rings. The van der Waals surface area contributed by atoms with Crippen molar-refractivity contribution >= 4 is 60.1 Å². The van der Waals surface area contributed by atoms with E-state index in [1.54, 1.807) is 24.3 Å². The van der Waals surface area contributed by atoms with Crippen LogP contribution in [-0.4, -0.2) is 95.3 Å². The van der Waals surface area contributed by atoms with Crippen LogP contribution in [0.1, 0.15) is 47.8 Å². The second-order valence-corrected chi connectivity index (χ2v) is 11.2. The van der Waals surface area contributed by atoms with Crippen LogP contribution in [-0.2, 0) is 30.5 Å². The van der Waals surface area contributed by atoms with Crippen LogP contribution >= 0.6 is 24.0 Å². The number of aldehydes is 1. The van der Waals surface area contributed by atoms with Crippen molar-refractivity contribution in [2.45, 2.75) is 20.5 Å². The zero-order valence-corrected chi connectivity index (χ0v) is 29.5. The predicted octanol–water partition coefficient (Wildman–Crippen LogP) is 4.48. The van der Waals surface area contributed by atoms with Crippen molar-refractivity contribution in [3.63, 3.8) is 0 Å². The van der Waals surface area contributed by atoms with Gasteiger partial charge in [0.15, 0.2) is 30.1 Å². The van der Waals surface area contributed by atoms with E-state index in [1.807, 2.05) is 19.0 Å². The van der Waals surface area contributed by atoms with Crippen LogP contribution in [0.2, 0.25) is 5.02 Å². The van der Waals surface area contributed by atoms with Crippen molar-refractivity contribution in [1.29, 1.82) is 0 Å². The molecule has 0 atom stereocenters. The maximum atomic E-state index is 12.9. The van der Waals surface area contributed by atoms with E-state index >= 15 is 0 Å². The molecule has 1 aliphatic rings. The summed E-state index contributed by atoms with van der Waals surface area (Å²) in [5.41, 5.74) is -1.80. The van der Waals surface area contributed by atoms with Crippen LogP contribution in [0.4, 0.5) is 0 Å². The van der Waals surface area contributed by atoms with E-state index in [2.05, 4.69) is 0 Å². The highest BCUT2D eigenvalue weighted by atomic mass is 35.5. The van der Waals surface area contributed by atoms with Gasteiger partial charge in [0.2, 0.25) is 0 Å². The van der Waals surface area contributed by atoms with Crippen LogP contribution in [0.25, 0.3) is 0 Å². The quantitative estimate of drug-likeness (QED) is 0.0861. The third kappa shape index (κ3) is 10.8. The number of carboxylic acids is 2. The predicted molar refractivity (Wildman–Crippen MR) is 183 cm³/mol. The minimum Gasteiger partial charge on any atom is -0.507 e. The molecule has 0 aromatic heterocycles. The van der Waals surface area contributed by atoms with Gasteiger partial charge in [0.05, 0.1) is 11.1 Å². The van der Waals surface area contributed by atoms with Crippen molar-refractivity contribution in [1.82, 2.24) is 4.90 Å². The molecule has 0 spiro atoms. The number of ether oxygens (including phenoxy) is 5. The number of phenolic OH excluding ortho intramolecular Hbond substituents is 1. The number of aliphatic carboxylic acids is 1. The van der Waals surface area contributed by atoms with Gasteiger partial charge in [-0.1, -0.05) is 11.6 Å². The van der Waals surface area contributed by atoms with Crippen molar-refractivity contribution < 1.29 is 72.9 Å². The van der Waals surface area contributed by atoms with Gasteiger partial charge in [-0.15, -0.1) is 12.4 Å². The van der Waals surface area contributed by atoms with Gasteiger partial charge in [0.25, 0.3) is 0 Å². The number of hydrogen-bond acceptors (Lipinski definition) is 14. The molecule has 0 radical (unpaired) electrons. The lowest BCUT2D eigenvalue weighted by Crippen LogP contribution is -2.22. The number of hydrogen-bond donors (Lipinski definition) is 4. The molecule has 0 saturated carbocycles. The molecular weight excluding hydrogens is 733 g/mol. The molecule has 0 saturated heterocycles. The Hall–Kier alpha value is -5.84. The van der Waals surface area contributed by atoms with E-state index in [4.69, 9.17) is 40.4 Å². The van der Waals surface area contributed by atoms with Crippen molar-refractivity contribution in [2.75, 3.05) is 33.9 Å². The first kappa shape index (κ1) is 42.3. The Labute approximate surface area is 307 Å². The average molecular weight is 767 g/mol. The maximum Gasteiger partial charge on any atom is 0.347 e. The number of likely N-dealkylation sites (N-methyl/N-ethyl adjacent to an activating group) is 1. The number of fused-ring (bicyclic) bond motifs is 2. The van der Waals surface area contributed by atoms with Gasteiger partial charge in [0.1, 0.15) is 41.6 Å². The number of aromatic carboxylic acids is 1. The SMILES string of the molecule is CN(C)CCOC(=O)COc1ccc(Cl)cc1.Cc1cc(O)c(C=O)c2c1C(=O)Oc1c(COC(=O)C=CC(=O)O)c(O)c(C(=O)O)c(C)c1O2.Cl. The zero-order chi connectivity index (χ0) is 38.0. The van der Waals surface area contributed by atoms with Crippen molar-refractivity contribution in [3.05, 3.63) is 80.9 Å². The molecule has 278 valence electrons. The standard InChI is InChI=1S/C22H16O12.C12H16ClNO3.ClH/c1-8-5-12(24)10(6-23)19-15(8)22(31)34-20-11(7-32-14(27)4-3-13(25)26)17(28)16(21(29)30)9(2)18(20)33-19;1-14(2)7-8-16-12(15)9-17-11-5-3-10(13)4-6-11;/h3-6,24,28H,7H2,1-2H3,(H,25,26)(H,29,30);3-6H,7-9H2,1-2H3;1H. The van der Waals surface area contributed by atoms with Gasteiger partial charge in [-0.2, -0.15) is 0 Å². The number of benzene rings is 3. The van der Waals surface area contributed by atoms with E-state index in [9.17, 15) is 44.1 Å². The molecule has 0 amide bonds. The minimum atomic E-state index is -1.60. The molecule has 1 aliphatic heterocycles. The number of carbonyl (C=O) groups is 6. The normalized spacial score (nSPS) is 11.3. The lowest BCUT2D eigenvalue weighted by atomic mass is 10.0. The summed E-state index contributed by atoms with van der Waals surface area (Å²) in [6.07, 6.45) is 1.30. The Morgan fingerprint density at radius 3 is 2.17 bits per heavy atom. The number of carboxylic acid groups (broad SMARTS) is 2. The molecule has 3 aromatic carbocycles. The van der Waals surface area contributed by atoms with Crippen molar-refractivity contribution in [2.24, 2.45) is 0 Å². The number of aryl methyl sites for hydroxylation is 1. The van der Waals surface area contributed by atoms with E-state index < -0.39 is 70.2 Å². The Kier molecular flexibility index (Phi) is 15.4. The molecule has 4 rings (SSSR count). The first-order valence-corrected chi connectivity index (χ1v) is 15.0. The number of phenols is 2. The van der Waals surface area contributed by atoms with Crippen LogP contribution in [0.5, 0.6) is 34.5 Å². The fourth-order valence-corrected chi connectivity index (χ4v) is 4.50. The molecule has 4 N–H and O–H groups in total. The van der Waals surface area contributed by atoms with E-state index in [0.29, 0.717) is 36.1 Å². The number of halogens is 2. The summed E-state index contributed by atoms with van der Waals surface area (Å²) in [5.74, 6) is -7.69. The van der Waals surface area contributed by atoms with Crippen LogP contribution in [0.3, 0.4) is 0 Å². The summed E-state index contributed by atoms with van der Waals surface area (Å²) in [5, 5.41) is 39.5. The molecule has 0 bridgehead atoms. The number of rotatable bonds is 12. The lowest BCUT2D eigenvalue weighted by molar-refractivity contribution is -0.146. The first-order chi connectivity index (χ1) is 24.0. The second-order valence-electron chi connectivity index (χ2n) is 10.8. The number of esters is 3. The Morgan fingerprint density at radius 1 is 0.942 bits per heavy atom. The van der Waals surface area contributed by atoms with Gasteiger partial charge < -0.3 is 49.0 Å². The van der Waals surface area contributed by atoms with Gasteiger partial charge in [-0.3, -0.25) is 4.79 Å². The molecule has 0 aliphatic carbocycles. The topological polar surface area (TPSA) is 233 Å². The summed E-state index contributed by atoms with van der Waals surface area (Å²) >= 11 is 5.72. The largest absolute Gasteiger partial charge is 0.507 e. The van der Waals surface area contributed by atoms with Crippen molar-refractivity contribution in [3.8, 4) is 34.5 Å². The van der Waals surface area contributed by atoms with Crippen LogP contribution in [0, 0.1) is 13.8 Å². The summed E-state index contributed by atoms with van der Waals surface area (Å²) in [6, 6.07) is 7.95. The number of nitrogens with zero attached hydrogens (tertiary/aromatic N) is 1. The highest BCUT2D eigenvalue weighted by molar-refractivity contribution is 6.30. The molecule has 0 fully saturated rings. The molecule has 16 nitrogen and oxygen atoms in total. The Bertz CT molecular complexity index is 1890. The highest BCUT2D eigenvalue weighted by Crippen LogP contribution is 2.50. The summed E-state index contributed by atoms with van der Waals surface area (Å²) < 4.78 is 26.1. The molecule has 18 heteroatoms. The number of carbonyl (C=O) groups excluding carboxylic acids is 4. The van der Waals surface area contributed by atoms with Gasteiger partial charge in [-0.25, -0.2) is 24.0 Å². The lowest BCUT2D eigenvalue weighted by Gasteiger charge is -2.18. The van der Waals surface area contributed by atoms with Crippen LogP contribution in [0.15, 0.2) is 42.5 Å². The van der Waals surface area contributed by atoms with Gasteiger partial charge >= 0.3 is 29.8 Å². The summed E-state index contributed by atoms with van der Waals surface area (Å²) in [6.45, 7) is 2.81. The first-order valence-electron chi connectivity index (χ1n) is 14.7. The van der Waals surface area contributed by atoms with Gasteiger partial charge in [-0.05, 0) is 63.8 Å². The average Bonchev–Trinajstić information content (AvgIpc) is 3.20. The monoisotopic (exact) mass is 765 g/mol. The second kappa shape index (κ2) is 19.0. The summed E-state index contributed by atoms with van der Waals surface area (Å²) in [4.78, 5) is 71.8. The fraction of sp³-hybridized carbons (Fsp3) is 0.235.